The van der Waals surface area contributed by atoms with E-state index in [4.69, 9.17) is 9.47 Å². The van der Waals surface area contributed by atoms with Gasteiger partial charge in [0.1, 0.15) is 11.5 Å². The first kappa shape index (κ1) is 44.8. The first-order valence-electron chi connectivity index (χ1n) is 20.7. The van der Waals surface area contributed by atoms with Gasteiger partial charge in [-0.15, -0.1) is 0 Å². The SMILES string of the molecule is CCC.CCCC.COc1cc2c3c(c4ccc(CO)cc4c2cc1CO)C(O)CN(C)C3.COc1ccc2c(c1)c1c(c3ccc(CO)c(CO)c32)CCN(C)C1. The van der Waals surface area contributed by atoms with Gasteiger partial charge in [0.15, 0.2) is 0 Å². The Morgan fingerprint density at radius 3 is 1.86 bits per heavy atom. The fraction of sp³-hybridized carbons (Fsp3) is 0.429. The minimum Gasteiger partial charge on any atom is -0.497 e. The molecule has 9 heteroatoms. The highest BCUT2D eigenvalue weighted by molar-refractivity contribution is 6.13. The number of methoxy groups -OCH3 is 2. The van der Waals surface area contributed by atoms with Crippen molar-refractivity contribution in [2.24, 2.45) is 0 Å². The van der Waals surface area contributed by atoms with Crippen LogP contribution >= 0.6 is 0 Å². The molecular formula is C49H64N2O7. The van der Waals surface area contributed by atoms with Crippen molar-refractivity contribution in [1.29, 1.82) is 0 Å². The topological polar surface area (TPSA) is 126 Å². The van der Waals surface area contributed by atoms with Gasteiger partial charge in [0.05, 0.1) is 46.8 Å². The molecule has 0 amide bonds. The van der Waals surface area contributed by atoms with Crippen molar-refractivity contribution in [3.05, 3.63) is 105 Å². The van der Waals surface area contributed by atoms with Crippen LogP contribution in [0.3, 0.4) is 0 Å². The van der Waals surface area contributed by atoms with E-state index in [0.29, 0.717) is 12.3 Å². The second-order valence-electron chi connectivity index (χ2n) is 15.5. The predicted octanol–water partition coefficient (Wildman–Crippen LogP) is 8.66. The lowest BCUT2D eigenvalue weighted by molar-refractivity contribution is 0.110. The number of hydrogen-bond acceptors (Lipinski definition) is 9. The Morgan fingerprint density at radius 2 is 1.24 bits per heavy atom. The first-order valence-corrected chi connectivity index (χ1v) is 20.7. The molecule has 9 nitrogen and oxygen atoms in total. The number of nitrogens with zero attached hydrogens (tertiary/aromatic N) is 2. The number of likely N-dealkylation sites (N-methyl/N-ethyl adjacent to an activating group) is 2. The molecule has 2 heterocycles. The van der Waals surface area contributed by atoms with E-state index in [2.05, 4.69) is 62.7 Å². The molecule has 58 heavy (non-hydrogen) atoms. The van der Waals surface area contributed by atoms with Crippen LogP contribution in [0.4, 0.5) is 0 Å². The number of aliphatic hydroxyl groups is 5. The fourth-order valence-corrected chi connectivity index (χ4v) is 8.28. The number of aliphatic hydroxyl groups excluding tert-OH is 5. The van der Waals surface area contributed by atoms with E-state index in [-0.39, 0.29) is 26.4 Å². The van der Waals surface area contributed by atoms with Gasteiger partial charge in [0.25, 0.3) is 0 Å². The van der Waals surface area contributed by atoms with Crippen molar-refractivity contribution in [2.45, 2.75) is 99.0 Å². The normalized spacial score (nSPS) is 15.2. The van der Waals surface area contributed by atoms with Crippen molar-refractivity contribution < 1.29 is 35.0 Å². The molecule has 5 N–H and O–H groups in total. The molecular weight excluding hydrogens is 729 g/mol. The highest BCUT2D eigenvalue weighted by Crippen LogP contribution is 2.43. The second-order valence-corrected chi connectivity index (χ2v) is 15.5. The molecule has 1 atom stereocenters. The van der Waals surface area contributed by atoms with E-state index >= 15 is 0 Å². The molecule has 0 aliphatic carbocycles. The van der Waals surface area contributed by atoms with E-state index in [1.54, 1.807) is 14.2 Å². The van der Waals surface area contributed by atoms with E-state index in [1.165, 1.54) is 41.2 Å². The van der Waals surface area contributed by atoms with Gasteiger partial charge in [-0.25, -0.2) is 0 Å². The van der Waals surface area contributed by atoms with Crippen LogP contribution in [0.5, 0.6) is 11.5 Å². The molecule has 0 saturated heterocycles. The lowest BCUT2D eigenvalue weighted by Gasteiger charge is -2.32. The smallest absolute Gasteiger partial charge is 0.125 e. The van der Waals surface area contributed by atoms with Gasteiger partial charge in [-0.3, -0.25) is 4.90 Å². The first-order chi connectivity index (χ1) is 28.1. The van der Waals surface area contributed by atoms with Gasteiger partial charge in [-0.2, -0.15) is 0 Å². The molecule has 0 bridgehead atoms. The zero-order valence-electron chi connectivity index (χ0n) is 35.8. The lowest BCUT2D eigenvalue weighted by Crippen LogP contribution is -2.30. The number of fused-ring (bicyclic) bond motifs is 12. The van der Waals surface area contributed by atoms with Crippen LogP contribution in [-0.2, 0) is 45.9 Å². The molecule has 6 aromatic rings. The standard InChI is InChI=1S/C21H23NO4.C21H23NO3.C4H10.C3H8/c1-22-8-18-17-7-20(26-2)13(11-24)6-16(17)15-5-12(10-23)3-4-14(15)21(18)19(25)9-22;1-22-8-7-15-16-5-3-13(11-23)20(12-24)21(16)17-6-4-14(25-2)9-18(17)19(15)10-22;1-3-4-2;1-3-2/h3-7,19,23-25H,8-11H2,1-2H3;3-6,9,23-24H,7-8,10-12H2,1-2H3;3-4H2,1-2H3;3H2,1-2H3. The third-order valence-electron chi connectivity index (χ3n) is 11.3. The van der Waals surface area contributed by atoms with Crippen LogP contribution in [0, 0.1) is 0 Å². The summed E-state index contributed by atoms with van der Waals surface area (Å²) in [5, 5.41) is 58.3. The molecule has 0 radical (unpaired) electrons. The molecule has 0 saturated carbocycles. The van der Waals surface area contributed by atoms with E-state index in [9.17, 15) is 25.5 Å². The maximum Gasteiger partial charge on any atom is 0.125 e. The van der Waals surface area contributed by atoms with Crippen molar-refractivity contribution >= 4 is 43.1 Å². The monoisotopic (exact) mass is 792 g/mol. The van der Waals surface area contributed by atoms with Crippen LogP contribution in [0.1, 0.15) is 97.6 Å². The molecule has 2 aliphatic rings. The largest absolute Gasteiger partial charge is 0.497 e. The Labute approximate surface area is 344 Å². The molecule has 312 valence electrons. The summed E-state index contributed by atoms with van der Waals surface area (Å²) in [4.78, 5) is 4.44. The molecule has 0 fully saturated rings. The van der Waals surface area contributed by atoms with Gasteiger partial charge in [-0.05, 0) is 133 Å². The van der Waals surface area contributed by atoms with Crippen molar-refractivity contribution in [1.82, 2.24) is 9.80 Å². The summed E-state index contributed by atoms with van der Waals surface area (Å²) in [6, 6.07) is 20.0. The Morgan fingerprint density at radius 1 is 0.603 bits per heavy atom. The Hall–Kier alpha value is -4.32. The zero-order valence-corrected chi connectivity index (χ0v) is 35.8. The van der Waals surface area contributed by atoms with Crippen molar-refractivity contribution in [3.63, 3.8) is 0 Å². The molecule has 6 aromatic carbocycles. The summed E-state index contributed by atoms with van der Waals surface area (Å²) in [6.07, 6.45) is 4.30. The highest BCUT2D eigenvalue weighted by Gasteiger charge is 2.27. The molecule has 2 aliphatic heterocycles. The number of β-amino-alcohol motifs (C(OH)–C–C–N with tert-alkyl or cyclic N) is 1. The molecule has 0 spiro atoms. The van der Waals surface area contributed by atoms with Crippen LogP contribution in [0.25, 0.3) is 43.1 Å². The second kappa shape index (κ2) is 20.6. The van der Waals surface area contributed by atoms with Crippen LogP contribution in [-0.4, -0.2) is 76.7 Å². The molecule has 1 unspecified atom stereocenters. The fourth-order valence-electron chi connectivity index (χ4n) is 8.28. The van der Waals surface area contributed by atoms with Gasteiger partial charge in [-0.1, -0.05) is 77.3 Å². The van der Waals surface area contributed by atoms with Crippen LogP contribution < -0.4 is 9.47 Å². The van der Waals surface area contributed by atoms with Gasteiger partial charge in [0, 0.05) is 31.7 Å². The third-order valence-corrected chi connectivity index (χ3v) is 11.3. The summed E-state index contributed by atoms with van der Waals surface area (Å²) >= 11 is 0. The zero-order chi connectivity index (χ0) is 42.1. The third kappa shape index (κ3) is 9.11. The lowest BCUT2D eigenvalue weighted by atomic mass is 9.85. The maximum absolute atomic E-state index is 10.8. The number of hydrogen-bond donors (Lipinski definition) is 5. The average Bonchev–Trinajstić information content (AvgIpc) is 3.25. The van der Waals surface area contributed by atoms with Crippen LogP contribution in [0.2, 0.25) is 0 Å². The number of unbranched alkanes of at least 4 members (excludes halogenated alkanes) is 1. The van der Waals surface area contributed by atoms with Gasteiger partial charge < -0.3 is 39.9 Å². The summed E-state index contributed by atoms with van der Waals surface area (Å²) in [5.74, 6) is 1.48. The van der Waals surface area contributed by atoms with Gasteiger partial charge in [0.2, 0.25) is 0 Å². The van der Waals surface area contributed by atoms with Crippen molar-refractivity contribution in [2.75, 3.05) is 41.4 Å². The Kier molecular flexibility index (Phi) is 15.9. The van der Waals surface area contributed by atoms with Crippen molar-refractivity contribution in [3.8, 4) is 11.5 Å². The number of benzene rings is 6. The van der Waals surface area contributed by atoms with Gasteiger partial charge >= 0.3 is 0 Å². The molecule has 0 aromatic heterocycles. The molecule has 8 rings (SSSR count). The minimum absolute atomic E-state index is 0.0389. The van der Waals surface area contributed by atoms with E-state index in [0.717, 1.165) is 97.5 Å². The Balaban J connectivity index is 0.000000191. The summed E-state index contributed by atoms with van der Waals surface area (Å²) in [5.41, 5.74) is 7.91. The summed E-state index contributed by atoms with van der Waals surface area (Å²) in [6.45, 7) is 11.6. The predicted molar refractivity (Wildman–Crippen MR) is 238 cm³/mol. The average molecular weight is 793 g/mol. The summed E-state index contributed by atoms with van der Waals surface area (Å²) < 4.78 is 10.9. The maximum atomic E-state index is 10.8. The number of ether oxygens (including phenoxy) is 2. The minimum atomic E-state index is -0.570. The quantitative estimate of drug-likeness (QED) is 0.101. The Bertz CT molecular complexity index is 2340. The van der Waals surface area contributed by atoms with E-state index < -0.39 is 6.10 Å². The highest BCUT2D eigenvalue weighted by atomic mass is 16.5. The van der Waals surface area contributed by atoms with E-state index in [1.807, 2.05) is 49.5 Å². The van der Waals surface area contributed by atoms with Crippen LogP contribution in [0.15, 0.2) is 60.7 Å². The summed E-state index contributed by atoms with van der Waals surface area (Å²) in [7, 11) is 7.42. The number of rotatable bonds is 7.